The molecule has 2 N–H and O–H groups in total. The van der Waals surface area contributed by atoms with E-state index in [4.69, 9.17) is 9.84 Å². The third-order valence-corrected chi connectivity index (χ3v) is 4.40. The summed E-state index contributed by atoms with van der Waals surface area (Å²) in [5.41, 5.74) is -0.686. The number of carboxylic acid groups (broad SMARTS) is 1. The van der Waals surface area contributed by atoms with Crippen LogP contribution in [0.4, 0.5) is 0 Å². The third kappa shape index (κ3) is 2.23. The Labute approximate surface area is 107 Å². The van der Waals surface area contributed by atoms with E-state index in [0.29, 0.717) is 13.2 Å². The maximum atomic E-state index is 12.2. The van der Waals surface area contributed by atoms with Crippen molar-refractivity contribution in [3.8, 4) is 0 Å². The van der Waals surface area contributed by atoms with Crippen LogP contribution in [0.2, 0.25) is 0 Å². The first-order valence-electron chi connectivity index (χ1n) is 6.40. The number of hydrogen-bond donors (Lipinski definition) is 2. The van der Waals surface area contributed by atoms with Gasteiger partial charge in [-0.05, 0) is 25.2 Å². The number of rotatable bonds is 3. The molecule has 0 spiro atoms. The summed E-state index contributed by atoms with van der Waals surface area (Å²) in [5.74, 6) is -1.97. The first-order valence-corrected chi connectivity index (χ1v) is 6.40. The van der Waals surface area contributed by atoms with Gasteiger partial charge in [0.1, 0.15) is 0 Å². The van der Waals surface area contributed by atoms with Gasteiger partial charge in [-0.3, -0.25) is 9.59 Å². The predicted molar refractivity (Wildman–Crippen MR) is 65.0 cm³/mol. The highest BCUT2D eigenvalue weighted by atomic mass is 16.5. The molecular formula is C13H21NO4. The molecule has 0 radical (unpaired) electrons. The van der Waals surface area contributed by atoms with Crippen LogP contribution in [0.25, 0.3) is 0 Å². The molecule has 1 saturated heterocycles. The molecule has 1 aliphatic carbocycles. The minimum Gasteiger partial charge on any atom is -0.481 e. The zero-order valence-electron chi connectivity index (χ0n) is 11.2. The second-order valence-corrected chi connectivity index (χ2v) is 6.28. The summed E-state index contributed by atoms with van der Waals surface area (Å²) in [4.78, 5) is 23.3. The Bertz CT molecular complexity index is 371. The van der Waals surface area contributed by atoms with E-state index >= 15 is 0 Å². The maximum Gasteiger partial charge on any atom is 0.307 e. The van der Waals surface area contributed by atoms with E-state index in [1.807, 2.05) is 20.8 Å². The average molecular weight is 255 g/mol. The van der Waals surface area contributed by atoms with E-state index < -0.39 is 23.2 Å². The molecule has 2 rings (SSSR count). The van der Waals surface area contributed by atoms with E-state index in [-0.39, 0.29) is 11.4 Å². The summed E-state index contributed by atoms with van der Waals surface area (Å²) in [7, 11) is 0. The molecule has 0 aromatic rings. The van der Waals surface area contributed by atoms with Crippen LogP contribution in [-0.4, -0.2) is 35.7 Å². The Morgan fingerprint density at radius 1 is 1.17 bits per heavy atom. The lowest BCUT2D eigenvalue weighted by Crippen LogP contribution is -2.50. The van der Waals surface area contributed by atoms with Gasteiger partial charge in [-0.2, -0.15) is 0 Å². The van der Waals surface area contributed by atoms with Gasteiger partial charge >= 0.3 is 5.97 Å². The molecule has 0 aromatic carbocycles. The van der Waals surface area contributed by atoms with Gasteiger partial charge in [0.25, 0.3) is 0 Å². The molecule has 2 atom stereocenters. The summed E-state index contributed by atoms with van der Waals surface area (Å²) in [5, 5.41) is 12.1. The normalized spacial score (nSPS) is 32.6. The van der Waals surface area contributed by atoms with Gasteiger partial charge in [0.15, 0.2) is 0 Å². The molecule has 0 aromatic heterocycles. The van der Waals surface area contributed by atoms with Crippen molar-refractivity contribution in [3.05, 3.63) is 0 Å². The van der Waals surface area contributed by atoms with Crippen molar-refractivity contribution in [2.75, 3.05) is 13.2 Å². The van der Waals surface area contributed by atoms with Crippen molar-refractivity contribution in [2.45, 2.75) is 39.2 Å². The zero-order chi connectivity index (χ0) is 13.6. The molecule has 1 heterocycles. The number of ether oxygens (including phenoxy) is 1. The third-order valence-electron chi connectivity index (χ3n) is 4.40. The number of amides is 1. The van der Waals surface area contributed by atoms with Crippen LogP contribution < -0.4 is 5.32 Å². The van der Waals surface area contributed by atoms with Crippen molar-refractivity contribution >= 4 is 11.9 Å². The fourth-order valence-corrected chi connectivity index (χ4v) is 2.91. The number of carbonyl (C=O) groups excluding carboxylic acids is 1. The van der Waals surface area contributed by atoms with Crippen molar-refractivity contribution in [1.82, 2.24) is 5.32 Å². The summed E-state index contributed by atoms with van der Waals surface area (Å²) in [6.45, 7) is 6.96. The van der Waals surface area contributed by atoms with Crippen molar-refractivity contribution in [3.63, 3.8) is 0 Å². The second kappa shape index (κ2) is 4.23. The molecule has 1 saturated carbocycles. The molecule has 2 fully saturated rings. The highest BCUT2D eigenvalue weighted by Crippen LogP contribution is 2.58. The standard InChI is InChI=1S/C13H21NO4/c1-12(2)8(9(12)11(16)17)10(15)14-13(3)4-6-18-7-5-13/h8-9H,4-7H2,1-3H3,(H,14,15)(H,16,17)/t8-,9+/m1/s1. The van der Waals surface area contributed by atoms with Crippen LogP contribution >= 0.6 is 0 Å². The van der Waals surface area contributed by atoms with Crippen LogP contribution in [0.15, 0.2) is 0 Å². The Morgan fingerprint density at radius 3 is 2.17 bits per heavy atom. The minimum absolute atomic E-state index is 0.128. The lowest BCUT2D eigenvalue weighted by molar-refractivity contribution is -0.140. The fourth-order valence-electron chi connectivity index (χ4n) is 2.91. The van der Waals surface area contributed by atoms with Gasteiger partial charge < -0.3 is 15.2 Å². The molecule has 1 aliphatic heterocycles. The fraction of sp³-hybridized carbons (Fsp3) is 0.846. The Hall–Kier alpha value is -1.10. The van der Waals surface area contributed by atoms with E-state index in [1.165, 1.54) is 0 Å². The molecule has 18 heavy (non-hydrogen) atoms. The van der Waals surface area contributed by atoms with Gasteiger partial charge in [-0.15, -0.1) is 0 Å². The lowest BCUT2D eigenvalue weighted by atomic mass is 9.92. The lowest BCUT2D eigenvalue weighted by Gasteiger charge is -2.34. The molecule has 5 heteroatoms. The van der Waals surface area contributed by atoms with Crippen molar-refractivity contribution in [1.29, 1.82) is 0 Å². The number of hydrogen-bond acceptors (Lipinski definition) is 3. The van der Waals surface area contributed by atoms with Gasteiger partial charge in [0.2, 0.25) is 5.91 Å². The van der Waals surface area contributed by atoms with Gasteiger partial charge in [0, 0.05) is 18.8 Å². The number of nitrogens with one attached hydrogen (secondary N) is 1. The van der Waals surface area contributed by atoms with Crippen LogP contribution in [0.5, 0.6) is 0 Å². The largest absolute Gasteiger partial charge is 0.481 e. The number of carbonyl (C=O) groups is 2. The highest BCUT2D eigenvalue weighted by molar-refractivity contribution is 5.92. The molecule has 2 aliphatic rings. The summed E-state index contributed by atoms with van der Waals surface area (Å²) < 4.78 is 5.28. The molecule has 0 unspecified atom stereocenters. The van der Waals surface area contributed by atoms with Gasteiger partial charge in [-0.1, -0.05) is 13.8 Å². The first kappa shape index (κ1) is 13.3. The molecular weight excluding hydrogens is 234 g/mol. The van der Waals surface area contributed by atoms with Crippen molar-refractivity contribution in [2.24, 2.45) is 17.3 Å². The summed E-state index contributed by atoms with van der Waals surface area (Å²) >= 11 is 0. The van der Waals surface area contributed by atoms with Crippen molar-refractivity contribution < 1.29 is 19.4 Å². The maximum absolute atomic E-state index is 12.2. The van der Waals surface area contributed by atoms with E-state index in [1.54, 1.807) is 0 Å². The summed E-state index contributed by atoms with van der Waals surface area (Å²) in [6.07, 6.45) is 1.56. The van der Waals surface area contributed by atoms with Crippen LogP contribution in [0.3, 0.4) is 0 Å². The zero-order valence-corrected chi connectivity index (χ0v) is 11.2. The van der Waals surface area contributed by atoms with Gasteiger partial charge in [0.05, 0.1) is 11.8 Å². The quantitative estimate of drug-likeness (QED) is 0.789. The van der Waals surface area contributed by atoms with E-state index in [9.17, 15) is 9.59 Å². The minimum atomic E-state index is -0.878. The number of carboxylic acids is 1. The monoisotopic (exact) mass is 255 g/mol. The topological polar surface area (TPSA) is 75.6 Å². The Balaban J connectivity index is 1.99. The SMILES string of the molecule is CC1(NC(=O)[C@H]2[C@@H](C(=O)O)C2(C)C)CCOCC1. The summed E-state index contributed by atoms with van der Waals surface area (Å²) in [6, 6.07) is 0. The molecule has 102 valence electrons. The smallest absolute Gasteiger partial charge is 0.307 e. The van der Waals surface area contributed by atoms with E-state index in [0.717, 1.165) is 12.8 Å². The highest BCUT2D eigenvalue weighted by Gasteiger charge is 2.66. The van der Waals surface area contributed by atoms with Crippen LogP contribution in [0, 0.1) is 17.3 Å². The Kier molecular flexibility index (Phi) is 3.13. The van der Waals surface area contributed by atoms with E-state index in [2.05, 4.69) is 5.32 Å². The van der Waals surface area contributed by atoms with Gasteiger partial charge in [-0.25, -0.2) is 0 Å². The molecule has 1 amide bonds. The number of aliphatic carboxylic acids is 1. The van der Waals surface area contributed by atoms with Crippen LogP contribution in [-0.2, 0) is 14.3 Å². The Morgan fingerprint density at radius 2 is 1.72 bits per heavy atom. The average Bonchev–Trinajstić information content (AvgIpc) is 2.82. The molecule has 5 nitrogen and oxygen atoms in total. The first-order chi connectivity index (χ1) is 8.28. The second-order valence-electron chi connectivity index (χ2n) is 6.28. The molecule has 0 bridgehead atoms. The predicted octanol–water partition coefficient (Wildman–Crippen LogP) is 1.03. The van der Waals surface area contributed by atoms with Crippen LogP contribution in [0.1, 0.15) is 33.6 Å².